The van der Waals surface area contributed by atoms with Crippen LogP contribution in [0.1, 0.15) is 5.56 Å². The normalized spacial score (nSPS) is 16.7. The van der Waals surface area contributed by atoms with Crippen LogP contribution in [0.4, 0.5) is 0 Å². The molecule has 0 amide bonds. The summed E-state index contributed by atoms with van der Waals surface area (Å²) in [6, 6.07) is 14.2. The summed E-state index contributed by atoms with van der Waals surface area (Å²) in [6.45, 7) is 2.18. The van der Waals surface area contributed by atoms with Gasteiger partial charge in [-0.25, -0.2) is 0 Å². The number of ether oxygens (including phenoxy) is 2. The SMILES string of the molecule is [Ir].c1ccc(-c2ccc(COCC3CO3)cc2)nc1. The molecule has 0 spiro atoms. The first kappa shape index (κ1) is 14.4. The maximum absolute atomic E-state index is 5.55. The van der Waals surface area contributed by atoms with Crippen LogP contribution >= 0.6 is 0 Å². The molecule has 1 fully saturated rings. The Bertz CT molecular complexity index is 497. The molecule has 19 heavy (non-hydrogen) atoms. The Morgan fingerprint density at radius 2 is 1.95 bits per heavy atom. The number of aromatic nitrogens is 1. The van der Waals surface area contributed by atoms with Crippen molar-refractivity contribution in [3.05, 3.63) is 54.2 Å². The van der Waals surface area contributed by atoms with Gasteiger partial charge in [-0.05, 0) is 17.7 Å². The zero-order valence-electron chi connectivity index (χ0n) is 10.4. The Labute approximate surface area is 126 Å². The second kappa shape index (κ2) is 6.92. The molecule has 0 N–H and O–H groups in total. The zero-order chi connectivity index (χ0) is 12.2. The summed E-state index contributed by atoms with van der Waals surface area (Å²) in [7, 11) is 0. The standard InChI is InChI=1S/C15H15NO2.Ir/c1-2-8-16-15(3-1)13-6-4-12(5-7-13)9-17-10-14-11-18-14;/h1-8,14H,9-11H2;. The molecule has 101 valence electrons. The predicted molar refractivity (Wildman–Crippen MR) is 69.1 cm³/mol. The Hall–Kier alpha value is -1.06. The summed E-state index contributed by atoms with van der Waals surface area (Å²) in [5, 5.41) is 0. The van der Waals surface area contributed by atoms with Gasteiger partial charge >= 0.3 is 0 Å². The third-order valence-corrected chi connectivity index (χ3v) is 2.89. The van der Waals surface area contributed by atoms with Crippen LogP contribution in [0, 0.1) is 0 Å². The van der Waals surface area contributed by atoms with Crippen LogP contribution in [0.5, 0.6) is 0 Å². The van der Waals surface area contributed by atoms with Crippen molar-refractivity contribution in [1.29, 1.82) is 0 Å². The zero-order valence-corrected chi connectivity index (χ0v) is 12.8. The first-order valence-electron chi connectivity index (χ1n) is 6.11. The quantitative estimate of drug-likeness (QED) is 0.680. The molecule has 4 heteroatoms. The van der Waals surface area contributed by atoms with Gasteiger partial charge in [-0.15, -0.1) is 0 Å². The van der Waals surface area contributed by atoms with E-state index in [1.54, 1.807) is 0 Å². The molecule has 2 aromatic rings. The van der Waals surface area contributed by atoms with E-state index in [2.05, 4.69) is 29.2 Å². The molecule has 0 saturated carbocycles. The van der Waals surface area contributed by atoms with Crippen molar-refractivity contribution in [1.82, 2.24) is 4.98 Å². The van der Waals surface area contributed by atoms with Crippen molar-refractivity contribution < 1.29 is 29.6 Å². The van der Waals surface area contributed by atoms with Crippen molar-refractivity contribution in [3.8, 4) is 11.3 Å². The smallest absolute Gasteiger partial charge is 0.104 e. The van der Waals surface area contributed by atoms with E-state index in [9.17, 15) is 0 Å². The summed E-state index contributed by atoms with van der Waals surface area (Å²) in [5.41, 5.74) is 3.30. The fourth-order valence-corrected chi connectivity index (χ4v) is 1.78. The topological polar surface area (TPSA) is 34.6 Å². The molecular formula is C15H15IrNO2. The molecule has 1 aliphatic heterocycles. The average molecular weight is 434 g/mol. The molecule has 2 heterocycles. The van der Waals surface area contributed by atoms with Gasteiger partial charge in [0.15, 0.2) is 0 Å². The fraction of sp³-hybridized carbons (Fsp3) is 0.267. The van der Waals surface area contributed by atoms with Crippen LogP contribution in [0.2, 0.25) is 0 Å². The molecule has 1 atom stereocenters. The van der Waals surface area contributed by atoms with Gasteiger partial charge in [0.25, 0.3) is 0 Å². The predicted octanol–water partition coefficient (Wildman–Crippen LogP) is 2.66. The van der Waals surface area contributed by atoms with E-state index in [0.29, 0.717) is 19.3 Å². The summed E-state index contributed by atoms with van der Waals surface area (Å²) in [6.07, 6.45) is 2.14. The van der Waals surface area contributed by atoms with Gasteiger partial charge < -0.3 is 9.47 Å². The van der Waals surface area contributed by atoms with E-state index in [1.807, 2.05) is 24.4 Å². The molecule has 3 nitrogen and oxygen atoms in total. The number of nitrogens with zero attached hydrogens (tertiary/aromatic N) is 1. The van der Waals surface area contributed by atoms with Crippen molar-refractivity contribution in [2.24, 2.45) is 0 Å². The number of epoxide rings is 1. The van der Waals surface area contributed by atoms with Gasteiger partial charge in [-0.2, -0.15) is 0 Å². The van der Waals surface area contributed by atoms with E-state index in [1.165, 1.54) is 5.56 Å². The van der Waals surface area contributed by atoms with Crippen LogP contribution in [-0.4, -0.2) is 24.3 Å². The second-order valence-electron chi connectivity index (χ2n) is 4.38. The van der Waals surface area contributed by atoms with Gasteiger partial charge in [-0.1, -0.05) is 30.3 Å². The van der Waals surface area contributed by atoms with Crippen molar-refractivity contribution in [2.75, 3.05) is 13.2 Å². The maximum atomic E-state index is 5.55. The summed E-state index contributed by atoms with van der Waals surface area (Å²) in [4.78, 5) is 4.32. The molecule has 1 saturated heterocycles. The van der Waals surface area contributed by atoms with Gasteiger partial charge in [0.2, 0.25) is 0 Å². The van der Waals surface area contributed by atoms with E-state index < -0.39 is 0 Å². The Morgan fingerprint density at radius 1 is 1.16 bits per heavy atom. The third kappa shape index (κ3) is 4.22. The van der Waals surface area contributed by atoms with E-state index in [-0.39, 0.29) is 20.1 Å². The first-order chi connectivity index (χ1) is 8.92. The average Bonchev–Trinajstić information content (AvgIpc) is 3.25. The van der Waals surface area contributed by atoms with E-state index in [4.69, 9.17) is 9.47 Å². The van der Waals surface area contributed by atoms with Crippen LogP contribution in [0.3, 0.4) is 0 Å². The molecule has 0 aliphatic carbocycles. The molecule has 1 aromatic heterocycles. The molecule has 1 unspecified atom stereocenters. The molecule has 3 rings (SSSR count). The van der Waals surface area contributed by atoms with Crippen LogP contribution in [0.15, 0.2) is 48.7 Å². The Kier molecular flexibility index (Phi) is 5.23. The molecule has 1 radical (unpaired) electrons. The molecule has 1 aliphatic rings. The third-order valence-electron chi connectivity index (χ3n) is 2.89. The number of hydrogen-bond acceptors (Lipinski definition) is 3. The summed E-state index contributed by atoms with van der Waals surface area (Å²) >= 11 is 0. The van der Waals surface area contributed by atoms with E-state index >= 15 is 0 Å². The van der Waals surface area contributed by atoms with Crippen molar-refractivity contribution in [3.63, 3.8) is 0 Å². The van der Waals surface area contributed by atoms with Crippen LogP contribution < -0.4 is 0 Å². The minimum absolute atomic E-state index is 0. The molecule has 0 bridgehead atoms. The van der Waals surface area contributed by atoms with Gasteiger partial charge in [-0.3, -0.25) is 4.98 Å². The minimum atomic E-state index is 0. The summed E-state index contributed by atoms with van der Waals surface area (Å²) < 4.78 is 10.6. The van der Waals surface area contributed by atoms with Crippen molar-refractivity contribution >= 4 is 0 Å². The molecular weight excluding hydrogens is 418 g/mol. The van der Waals surface area contributed by atoms with Gasteiger partial charge in [0.1, 0.15) is 6.10 Å². The van der Waals surface area contributed by atoms with Gasteiger partial charge in [0, 0.05) is 31.9 Å². The van der Waals surface area contributed by atoms with Gasteiger partial charge in [0.05, 0.1) is 25.5 Å². The number of rotatable bonds is 5. The van der Waals surface area contributed by atoms with Crippen LogP contribution in [0.25, 0.3) is 11.3 Å². The number of hydrogen-bond donors (Lipinski definition) is 0. The minimum Gasteiger partial charge on any atom is -0.374 e. The Morgan fingerprint density at radius 3 is 2.58 bits per heavy atom. The monoisotopic (exact) mass is 434 g/mol. The fourth-order valence-electron chi connectivity index (χ4n) is 1.78. The van der Waals surface area contributed by atoms with Crippen LogP contribution in [-0.2, 0) is 36.2 Å². The molecule has 1 aromatic carbocycles. The second-order valence-corrected chi connectivity index (χ2v) is 4.38. The maximum Gasteiger partial charge on any atom is 0.104 e. The number of pyridine rings is 1. The summed E-state index contributed by atoms with van der Waals surface area (Å²) in [5.74, 6) is 0. The van der Waals surface area contributed by atoms with E-state index in [0.717, 1.165) is 17.9 Å². The largest absolute Gasteiger partial charge is 0.374 e. The number of benzene rings is 1. The Balaban J connectivity index is 0.00000133. The first-order valence-corrected chi connectivity index (χ1v) is 6.11. The van der Waals surface area contributed by atoms with Crippen molar-refractivity contribution in [2.45, 2.75) is 12.7 Å².